The zero-order chi connectivity index (χ0) is 8.97. The molecule has 0 fully saturated rings. The van der Waals surface area contributed by atoms with Gasteiger partial charge >= 0.3 is 0 Å². The lowest BCUT2D eigenvalue weighted by Gasteiger charge is -2.08. The zero-order valence-electron chi connectivity index (χ0n) is 7.07. The predicted molar refractivity (Wildman–Crippen MR) is 50.2 cm³/mol. The number of benzene rings is 1. The first-order chi connectivity index (χ1) is 5.70. The van der Waals surface area contributed by atoms with Gasteiger partial charge in [-0.3, -0.25) is 4.79 Å². The highest BCUT2D eigenvalue weighted by Gasteiger charge is 2.04. The van der Waals surface area contributed by atoms with E-state index in [1.165, 1.54) is 11.8 Å². The first-order valence-corrected chi connectivity index (χ1v) is 4.37. The fraction of sp³-hybridized carbons (Fsp3) is 0.222. The second-order valence-corrected chi connectivity index (χ2v) is 3.53. The first kappa shape index (κ1) is 9.13. The highest BCUT2D eigenvalue weighted by molar-refractivity contribution is 8.13. The number of hydrogen-bond donors (Lipinski definition) is 0. The molecule has 0 spiro atoms. The normalized spacial score (nSPS) is 9.50. The van der Waals surface area contributed by atoms with Gasteiger partial charge in [0.1, 0.15) is 0 Å². The van der Waals surface area contributed by atoms with E-state index in [2.05, 4.69) is 6.07 Å². The third-order valence-electron chi connectivity index (χ3n) is 1.25. The van der Waals surface area contributed by atoms with Gasteiger partial charge in [0.2, 0.25) is 0 Å². The lowest BCUT2D eigenvalue weighted by atomic mass is 10.4. The molecule has 0 heterocycles. The van der Waals surface area contributed by atoms with Crippen molar-refractivity contribution in [3.05, 3.63) is 30.3 Å². The standard InChI is InChI=1S/C9H10NOS/c1-10(2)9(11)12-8-6-4-3-5-7-8/h3-4,6-7H,1-2H3. The van der Waals surface area contributed by atoms with E-state index >= 15 is 0 Å². The second-order valence-electron chi connectivity index (χ2n) is 2.50. The minimum absolute atomic E-state index is 0.0367. The van der Waals surface area contributed by atoms with Crippen LogP contribution in [0.3, 0.4) is 0 Å². The fourth-order valence-corrected chi connectivity index (χ4v) is 1.29. The smallest absolute Gasteiger partial charge is 0.285 e. The molecule has 0 aromatic heterocycles. The molecule has 1 amide bonds. The van der Waals surface area contributed by atoms with Crippen LogP contribution in [-0.4, -0.2) is 24.2 Å². The Morgan fingerprint density at radius 3 is 2.83 bits per heavy atom. The molecule has 1 radical (unpaired) electrons. The Bertz CT molecular complexity index is 258. The molecule has 0 aliphatic rings. The first-order valence-electron chi connectivity index (χ1n) is 3.55. The van der Waals surface area contributed by atoms with Crippen molar-refractivity contribution in [1.82, 2.24) is 4.90 Å². The lowest BCUT2D eigenvalue weighted by Crippen LogP contribution is -2.15. The third-order valence-corrected chi connectivity index (χ3v) is 2.28. The fourth-order valence-electron chi connectivity index (χ4n) is 0.632. The molecule has 0 unspecified atom stereocenters. The predicted octanol–water partition coefficient (Wildman–Crippen LogP) is 2.26. The maximum Gasteiger partial charge on any atom is 0.285 e. The quantitative estimate of drug-likeness (QED) is 0.618. The summed E-state index contributed by atoms with van der Waals surface area (Å²) in [5.41, 5.74) is 0. The van der Waals surface area contributed by atoms with Crippen molar-refractivity contribution in [2.75, 3.05) is 14.1 Å². The monoisotopic (exact) mass is 180 g/mol. The van der Waals surface area contributed by atoms with E-state index in [1.54, 1.807) is 25.1 Å². The van der Waals surface area contributed by atoms with Gasteiger partial charge in [-0.25, -0.2) is 0 Å². The summed E-state index contributed by atoms with van der Waals surface area (Å²) in [6.07, 6.45) is 0. The van der Waals surface area contributed by atoms with Crippen molar-refractivity contribution in [3.8, 4) is 0 Å². The number of hydrogen-bond acceptors (Lipinski definition) is 2. The van der Waals surface area contributed by atoms with Gasteiger partial charge in [0, 0.05) is 19.0 Å². The number of amides is 1. The summed E-state index contributed by atoms with van der Waals surface area (Å²) in [5, 5.41) is 0.0367. The summed E-state index contributed by atoms with van der Waals surface area (Å²) in [7, 11) is 3.48. The molecule has 1 aromatic rings. The van der Waals surface area contributed by atoms with Gasteiger partial charge in [0.15, 0.2) is 0 Å². The molecule has 2 nitrogen and oxygen atoms in total. The molecule has 1 aromatic carbocycles. The van der Waals surface area contributed by atoms with E-state index in [9.17, 15) is 4.79 Å². The van der Waals surface area contributed by atoms with Gasteiger partial charge in [-0.05, 0) is 30.0 Å². The van der Waals surface area contributed by atoms with Crippen molar-refractivity contribution in [1.29, 1.82) is 0 Å². The van der Waals surface area contributed by atoms with E-state index in [-0.39, 0.29) is 5.24 Å². The van der Waals surface area contributed by atoms with Gasteiger partial charge in [-0.15, -0.1) is 0 Å². The van der Waals surface area contributed by atoms with Crippen LogP contribution in [0.1, 0.15) is 0 Å². The maximum atomic E-state index is 11.2. The Labute approximate surface area is 76.6 Å². The van der Waals surface area contributed by atoms with Crippen LogP contribution in [-0.2, 0) is 0 Å². The summed E-state index contributed by atoms with van der Waals surface area (Å²) >= 11 is 1.21. The number of carbonyl (C=O) groups excluding carboxylic acids is 1. The molecule has 3 heteroatoms. The number of rotatable bonds is 1. The summed E-state index contributed by atoms with van der Waals surface area (Å²) in [4.78, 5) is 13.7. The molecule has 0 atom stereocenters. The molecule has 0 saturated heterocycles. The summed E-state index contributed by atoms with van der Waals surface area (Å²) < 4.78 is 0. The van der Waals surface area contributed by atoms with Crippen LogP contribution < -0.4 is 0 Å². The van der Waals surface area contributed by atoms with Crippen molar-refractivity contribution < 1.29 is 4.79 Å². The van der Waals surface area contributed by atoms with E-state index in [0.717, 1.165) is 4.90 Å². The lowest BCUT2D eigenvalue weighted by molar-refractivity contribution is 0.241. The Kier molecular flexibility index (Phi) is 3.17. The SMILES string of the molecule is CN(C)C(=O)Sc1c[c]ccc1. The molecule has 63 valence electrons. The van der Waals surface area contributed by atoms with Gasteiger partial charge < -0.3 is 4.90 Å². The average molecular weight is 180 g/mol. The van der Waals surface area contributed by atoms with Crippen LogP contribution in [0.4, 0.5) is 4.79 Å². The topological polar surface area (TPSA) is 20.3 Å². The highest BCUT2D eigenvalue weighted by Crippen LogP contribution is 2.18. The van der Waals surface area contributed by atoms with E-state index < -0.39 is 0 Å². The number of thioether (sulfide) groups is 1. The molecular formula is C9H10NOS. The van der Waals surface area contributed by atoms with Crippen LogP contribution in [0, 0.1) is 6.07 Å². The van der Waals surface area contributed by atoms with Crippen LogP contribution in [0.15, 0.2) is 29.2 Å². The van der Waals surface area contributed by atoms with Crippen molar-refractivity contribution in [2.24, 2.45) is 0 Å². The Balaban J connectivity index is 2.59. The average Bonchev–Trinajstić information content (AvgIpc) is 2.06. The van der Waals surface area contributed by atoms with Crippen LogP contribution in [0.2, 0.25) is 0 Å². The van der Waals surface area contributed by atoms with Crippen molar-refractivity contribution >= 4 is 17.0 Å². The summed E-state index contributed by atoms with van der Waals surface area (Å²) in [5.74, 6) is 0. The van der Waals surface area contributed by atoms with Crippen molar-refractivity contribution in [3.63, 3.8) is 0 Å². The largest absolute Gasteiger partial charge is 0.339 e. The Morgan fingerprint density at radius 1 is 1.58 bits per heavy atom. The molecule has 12 heavy (non-hydrogen) atoms. The maximum absolute atomic E-state index is 11.2. The second kappa shape index (κ2) is 4.16. The number of nitrogens with zero attached hydrogens (tertiary/aromatic N) is 1. The highest BCUT2D eigenvalue weighted by atomic mass is 32.2. The molecule has 0 aliphatic carbocycles. The van der Waals surface area contributed by atoms with Gasteiger partial charge in [0.05, 0.1) is 0 Å². The van der Waals surface area contributed by atoms with Crippen LogP contribution in [0.25, 0.3) is 0 Å². The van der Waals surface area contributed by atoms with Crippen LogP contribution in [0.5, 0.6) is 0 Å². The van der Waals surface area contributed by atoms with E-state index in [0.29, 0.717) is 0 Å². The molecular weight excluding hydrogens is 170 g/mol. The van der Waals surface area contributed by atoms with Crippen LogP contribution >= 0.6 is 11.8 Å². The Hall–Kier alpha value is -0.960. The van der Waals surface area contributed by atoms with Gasteiger partial charge in [0.25, 0.3) is 5.24 Å². The minimum atomic E-state index is 0.0367. The molecule has 1 rings (SSSR count). The third kappa shape index (κ3) is 2.58. The molecule has 0 saturated carbocycles. The summed E-state index contributed by atoms with van der Waals surface area (Å²) in [6.45, 7) is 0. The zero-order valence-corrected chi connectivity index (χ0v) is 7.89. The van der Waals surface area contributed by atoms with Crippen molar-refractivity contribution in [2.45, 2.75) is 4.90 Å². The van der Waals surface area contributed by atoms with E-state index in [4.69, 9.17) is 0 Å². The van der Waals surface area contributed by atoms with Gasteiger partial charge in [-0.1, -0.05) is 12.1 Å². The van der Waals surface area contributed by atoms with Gasteiger partial charge in [-0.2, -0.15) is 0 Å². The molecule has 0 bridgehead atoms. The Morgan fingerprint density at radius 2 is 2.33 bits per heavy atom. The molecule has 0 N–H and O–H groups in total. The number of carbonyl (C=O) groups is 1. The van der Waals surface area contributed by atoms with E-state index in [1.807, 2.05) is 18.2 Å². The summed E-state index contributed by atoms with van der Waals surface area (Å²) in [6, 6.07) is 10.3. The molecule has 0 aliphatic heterocycles. The minimum Gasteiger partial charge on any atom is -0.339 e.